The first-order valence-electron chi connectivity index (χ1n) is 7.28. The van der Waals surface area contributed by atoms with E-state index in [1.54, 1.807) is 20.4 Å². The third-order valence-corrected chi connectivity index (χ3v) is 3.83. The number of rotatable bonds is 4. The van der Waals surface area contributed by atoms with Crippen molar-refractivity contribution in [3.63, 3.8) is 0 Å². The van der Waals surface area contributed by atoms with E-state index in [0.29, 0.717) is 17.4 Å². The van der Waals surface area contributed by atoms with E-state index < -0.39 is 0 Å². The van der Waals surface area contributed by atoms with Gasteiger partial charge in [0, 0.05) is 6.20 Å². The fraction of sp³-hybridized carbons (Fsp3) is 0.312. The molecule has 0 aliphatic heterocycles. The molecule has 0 saturated carbocycles. The van der Waals surface area contributed by atoms with Crippen LogP contribution in [0.1, 0.15) is 12.0 Å². The lowest BCUT2D eigenvalue weighted by Crippen LogP contribution is -2.10. The number of anilines is 2. The molecule has 120 valence electrons. The van der Waals surface area contributed by atoms with Crippen LogP contribution in [0.4, 0.5) is 11.8 Å². The Morgan fingerprint density at radius 3 is 2.70 bits per heavy atom. The highest BCUT2D eigenvalue weighted by molar-refractivity contribution is 5.86. The highest BCUT2D eigenvalue weighted by Crippen LogP contribution is 2.27. The summed E-state index contributed by atoms with van der Waals surface area (Å²) >= 11 is 0. The first kappa shape index (κ1) is 15.1. The molecule has 2 aromatic rings. The van der Waals surface area contributed by atoms with Gasteiger partial charge in [-0.1, -0.05) is 0 Å². The maximum absolute atomic E-state index is 5.91. The molecule has 1 unspecified atom stereocenters. The van der Waals surface area contributed by atoms with Crippen LogP contribution in [0.15, 0.2) is 35.9 Å². The minimum atomic E-state index is 0.132. The highest BCUT2D eigenvalue weighted by atomic mass is 16.5. The van der Waals surface area contributed by atoms with Gasteiger partial charge in [0.05, 0.1) is 19.6 Å². The van der Waals surface area contributed by atoms with Crippen molar-refractivity contribution in [2.45, 2.75) is 12.8 Å². The van der Waals surface area contributed by atoms with E-state index in [0.717, 1.165) is 35.3 Å². The zero-order chi connectivity index (χ0) is 16.4. The zero-order valence-electron chi connectivity index (χ0n) is 13.1. The fourth-order valence-corrected chi connectivity index (χ4v) is 2.73. The van der Waals surface area contributed by atoms with Crippen molar-refractivity contribution in [3.05, 3.63) is 41.5 Å². The van der Waals surface area contributed by atoms with Crippen molar-refractivity contribution < 1.29 is 9.47 Å². The second kappa shape index (κ2) is 6.12. The van der Waals surface area contributed by atoms with Crippen molar-refractivity contribution in [2.75, 3.05) is 25.7 Å². The Labute approximate surface area is 134 Å². The number of hydrogen-bond donors (Lipinski definition) is 2. The van der Waals surface area contributed by atoms with E-state index >= 15 is 0 Å². The number of nitrogen functional groups attached to an aromatic ring is 2. The monoisotopic (exact) mass is 313 g/mol. The number of fused-ring (bicyclic) bond motifs is 1. The van der Waals surface area contributed by atoms with Gasteiger partial charge >= 0.3 is 0 Å². The largest absolute Gasteiger partial charge is 0.493 e. The van der Waals surface area contributed by atoms with Crippen LogP contribution in [0.5, 0.6) is 0 Å². The Balaban J connectivity index is 1.85. The number of pyridine rings is 1. The molecule has 2 heterocycles. The molecule has 0 saturated heterocycles. The van der Waals surface area contributed by atoms with Gasteiger partial charge in [0.15, 0.2) is 17.2 Å². The standard InChI is InChI=1S/C16H19N5O2/c1-22-12-4-3-9(7-13(12)23-2)5-10-6-11-14(17)20-16(18)21-15(11)19-8-10/h4,6-9H,3,5H2,1-2H3,(H4,17,18,19,20,21). The molecule has 1 atom stereocenters. The molecule has 7 nitrogen and oxygen atoms in total. The lowest BCUT2D eigenvalue weighted by Gasteiger charge is -2.20. The summed E-state index contributed by atoms with van der Waals surface area (Å²) in [6.45, 7) is 0. The molecular weight excluding hydrogens is 294 g/mol. The Kier molecular flexibility index (Phi) is 4.01. The zero-order valence-corrected chi connectivity index (χ0v) is 13.1. The molecule has 0 aromatic carbocycles. The predicted molar refractivity (Wildman–Crippen MR) is 88.2 cm³/mol. The van der Waals surface area contributed by atoms with Crippen LogP contribution in [0.2, 0.25) is 0 Å². The number of nitrogens with two attached hydrogens (primary N) is 2. The van der Waals surface area contributed by atoms with Gasteiger partial charge in [-0.2, -0.15) is 9.97 Å². The van der Waals surface area contributed by atoms with Gasteiger partial charge in [0.1, 0.15) is 5.82 Å². The van der Waals surface area contributed by atoms with Crippen molar-refractivity contribution in [2.24, 2.45) is 5.92 Å². The summed E-state index contributed by atoms with van der Waals surface area (Å²) in [5.74, 6) is 2.31. The maximum Gasteiger partial charge on any atom is 0.224 e. The number of ether oxygens (including phenoxy) is 2. The lowest BCUT2D eigenvalue weighted by molar-refractivity contribution is 0.212. The third kappa shape index (κ3) is 3.03. The topological polar surface area (TPSA) is 109 Å². The van der Waals surface area contributed by atoms with Crippen LogP contribution in [0, 0.1) is 5.92 Å². The smallest absolute Gasteiger partial charge is 0.224 e. The van der Waals surface area contributed by atoms with Crippen LogP contribution < -0.4 is 11.5 Å². The molecule has 4 N–H and O–H groups in total. The molecule has 0 radical (unpaired) electrons. The minimum Gasteiger partial charge on any atom is -0.493 e. The summed E-state index contributed by atoms with van der Waals surface area (Å²) in [6.07, 6.45) is 7.60. The van der Waals surface area contributed by atoms with Gasteiger partial charge < -0.3 is 20.9 Å². The molecule has 3 rings (SSSR count). The summed E-state index contributed by atoms with van der Waals surface area (Å²) in [5, 5.41) is 0.719. The van der Waals surface area contributed by atoms with Crippen molar-refractivity contribution >= 4 is 22.8 Å². The van der Waals surface area contributed by atoms with E-state index in [1.807, 2.05) is 12.1 Å². The number of nitrogens with zero attached hydrogens (tertiary/aromatic N) is 3. The van der Waals surface area contributed by atoms with Crippen molar-refractivity contribution in [1.29, 1.82) is 0 Å². The highest BCUT2D eigenvalue weighted by Gasteiger charge is 2.18. The van der Waals surface area contributed by atoms with Gasteiger partial charge in [0.2, 0.25) is 5.95 Å². The second-order valence-electron chi connectivity index (χ2n) is 5.39. The van der Waals surface area contributed by atoms with Crippen molar-refractivity contribution in [3.8, 4) is 0 Å². The first-order valence-corrected chi connectivity index (χ1v) is 7.28. The molecule has 0 spiro atoms. The SMILES string of the molecule is COC1=CCC(Cc2cnc3nc(N)nc(N)c3c2)C=C1OC. The second-order valence-corrected chi connectivity index (χ2v) is 5.39. The Hall–Kier alpha value is -2.83. The molecule has 23 heavy (non-hydrogen) atoms. The molecule has 0 fully saturated rings. The lowest BCUT2D eigenvalue weighted by atomic mass is 9.92. The van der Waals surface area contributed by atoms with Gasteiger partial charge in [-0.15, -0.1) is 0 Å². The number of aromatic nitrogens is 3. The van der Waals surface area contributed by atoms with Crippen molar-refractivity contribution in [1.82, 2.24) is 15.0 Å². The Bertz CT molecular complexity index is 800. The summed E-state index contributed by atoms with van der Waals surface area (Å²) < 4.78 is 10.7. The first-order chi connectivity index (χ1) is 11.1. The van der Waals surface area contributed by atoms with E-state index in [2.05, 4.69) is 21.0 Å². The molecule has 7 heteroatoms. The maximum atomic E-state index is 5.91. The van der Waals surface area contributed by atoms with Crippen LogP contribution >= 0.6 is 0 Å². The normalized spacial score (nSPS) is 17.6. The van der Waals surface area contributed by atoms with Gasteiger partial charge in [0.25, 0.3) is 0 Å². The predicted octanol–water partition coefficient (Wildman–Crippen LogP) is 1.81. The summed E-state index contributed by atoms with van der Waals surface area (Å²) in [7, 11) is 3.28. The molecule has 0 bridgehead atoms. The average molecular weight is 313 g/mol. The van der Waals surface area contributed by atoms with Gasteiger partial charge in [-0.25, -0.2) is 4.98 Å². The summed E-state index contributed by atoms with van der Waals surface area (Å²) in [5.41, 5.74) is 13.1. The van der Waals surface area contributed by atoms with Gasteiger partial charge in [-0.05, 0) is 42.5 Å². The Morgan fingerprint density at radius 2 is 1.96 bits per heavy atom. The fourth-order valence-electron chi connectivity index (χ4n) is 2.73. The van der Waals surface area contributed by atoms with Gasteiger partial charge in [-0.3, -0.25) is 0 Å². The van der Waals surface area contributed by atoms with Crippen LogP contribution in [0.25, 0.3) is 11.0 Å². The summed E-state index contributed by atoms with van der Waals surface area (Å²) in [6, 6.07) is 1.97. The Morgan fingerprint density at radius 1 is 1.17 bits per heavy atom. The van der Waals surface area contributed by atoms with E-state index in [1.165, 1.54) is 0 Å². The minimum absolute atomic E-state index is 0.132. The van der Waals surface area contributed by atoms with E-state index in [-0.39, 0.29) is 5.95 Å². The number of allylic oxidation sites excluding steroid dienone is 2. The summed E-state index contributed by atoms with van der Waals surface area (Å²) in [4.78, 5) is 12.4. The number of hydrogen-bond acceptors (Lipinski definition) is 7. The van der Waals surface area contributed by atoms with Crippen LogP contribution in [0.3, 0.4) is 0 Å². The number of methoxy groups -OCH3 is 2. The molecule has 2 aromatic heterocycles. The van der Waals surface area contributed by atoms with E-state index in [9.17, 15) is 0 Å². The molecule has 0 amide bonds. The van der Waals surface area contributed by atoms with Crippen LogP contribution in [-0.2, 0) is 15.9 Å². The molecule has 1 aliphatic rings. The average Bonchev–Trinajstić information content (AvgIpc) is 2.55. The van der Waals surface area contributed by atoms with E-state index in [4.69, 9.17) is 20.9 Å². The quantitative estimate of drug-likeness (QED) is 0.885. The molecular formula is C16H19N5O2. The molecule has 1 aliphatic carbocycles. The third-order valence-electron chi connectivity index (χ3n) is 3.83. The van der Waals surface area contributed by atoms with Crippen LogP contribution in [-0.4, -0.2) is 29.2 Å².